The Morgan fingerprint density at radius 1 is 0.368 bits per heavy atom. The fraction of sp³-hybridized carbons (Fsp3) is 0.127. The minimum atomic E-state index is -0.255. The lowest BCUT2D eigenvalue weighted by molar-refractivity contribution is 0.631. The summed E-state index contributed by atoms with van der Waals surface area (Å²) in [5.74, 6) is 0. The Hall–Kier alpha value is -6.64. The second-order valence-corrected chi connectivity index (χ2v) is 16.7. The van der Waals surface area contributed by atoms with Gasteiger partial charge in [-0.25, -0.2) is 0 Å². The lowest BCUT2D eigenvalue weighted by Gasteiger charge is -2.43. The number of fused-ring (bicyclic) bond motifs is 5. The molecule has 8 aromatic rings. The average Bonchev–Trinajstić information content (AvgIpc) is 3.48. The van der Waals surface area contributed by atoms with Crippen LogP contribution in [0.5, 0.6) is 0 Å². The Balaban J connectivity index is 1.13. The second-order valence-electron chi connectivity index (χ2n) is 16.7. The van der Waals surface area contributed by atoms with Crippen LogP contribution in [0.2, 0.25) is 0 Å². The smallest absolute Gasteiger partial charge is 0.0504 e. The molecule has 1 heterocycles. The summed E-state index contributed by atoms with van der Waals surface area (Å²) < 4.78 is 0. The summed E-state index contributed by atoms with van der Waals surface area (Å²) in [4.78, 5) is 4.91. The maximum absolute atomic E-state index is 2.51. The highest BCUT2D eigenvalue weighted by Gasteiger charge is 2.40. The van der Waals surface area contributed by atoms with E-state index in [0.29, 0.717) is 0 Å². The quantitative estimate of drug-likeness (QED) is 0.168. The second kappa shape index (κ2) is 13.2. The molecule has 0 bridgehead atoms. The first-order valence-electron chi connectivity index (χ1n) is 20.1. The molecule has 2 aliphatic rings. The van der Waals surface area contributed by atoms with Gasteiger partial charge in [-0.15, -0.1) is 0 Å². The summed E-state index contributed by atoms with van der Waals surface area (Å²) in [6.45, 7) is 11.7. The van der Waals surface area contributed by atoms with Crippen LogP contribution in [0.1, 0.15) is 55.5 Å². The summed E-state index contributed by atoms with van der Waals surface area (Å²) in [6, 6.07) is 69.3. The van der Waals surface area contributed by atoms with Crippen LogP contribution in [0.15, 0.2) is 188 Å². The van der Waals surface area contributed by atoms with Crippen molar-refractivity contribution in [3.05, 3.63) is 216 Å². The number of nitrogens with zero attached hydrogens (tertiary/aromatic N) is 2. The van der Waals surface area contributed by atoms with Crippen molar-refractivity contribution in [3.8, 4) is 33.4 Å². The zero-order chi connectivity index (χ0) is 38.9. The molecule has 0 fully saturated rings. The van der Waals surface area contributed by atoms with Gasteiger partial charge in [0.2, 0.25) is 0 Å². The van der Waals surface area contributed by atoms with E-state index in [-0.39, 0.29) is 10.8 Å². The Labute approximate surface area is 337 Å². The highest BCUT2D eigenvalue weighted by Crippen LogP contribution is 2.56. The minimum absolute atomic E-state index is 0.0909. The van der Waals surface area contributed by atoms with Crippen molar-refractivity contribution < 1.29 is 0 Å². The van der Waals surface area contributed by atoms with Gasteiger partial charge in [-0.2, -0.15) is 0 Å². The van der Waals surface area contributed by atoms with Gasteiger partial charge < -0.3 is 9.80 Å². The first kappa shape index (κ1) is 34.8. The molecule has 1 aliphatic carbocycles. The van der Waals surface area contributed by atoms with Gasteiger partial charge in [0, 0.05) is 33.6 Å². The van der Waals surface area contributed by atoms with E-state index in [4.69, 9.17) is 0 Å². The topological polar surface area (TPSA) is 6.48 Å². The minimum Gasteiger partial charge on any atom is -0.310 e. The van der Waals surface area contributed by atoms with Crippen molar-refractivity contribution in [1.29, 1.82) is 0 Å². The van der Waals surface area contributed by atoms with Gasteiger partial charge in [0.25, 0.3) is 0 Å². The third kappa shape index (κ3) is 5.70. The molecule has 0 saturated carbocycles. The highest BCUT2D eigenvalue weighted by atomic mass is 15.2. The number of rotatable bonds is 6. The van der Waals surface area contributed by atoms with Crippen LogP contribution >= 0.6 is 0 Å². The van der Waals surface area contributed by atoms with E-state index < -0.39 is 0 Å². The summed E-state index contributed by atoms with van der Waals surface area (Å²) >= 11 is 0. The zero-order valence-corrected chi connectivity index (χ0v) is 33.3. The van der Waals surface area contributed by atoms with Gasteiger partial charge in [0.1, 0.15) is 0 Å². The standard InChI is InChI=1S/C55H46N2/c1-37-20-32-52-50(34-37)55(4,5)51-36-44(30-33-53(51)57(52)45-29-31-47-46-18-12-13-19-48(46)54(2,3)49(47)35-45)56(42-25-21-40(22-26-42)38-14-8-6-9-15-38)43-27-23-41(24-28-43)39-16-10-7-11-17-39/h6-36H,1-5H3. The van der Waals surface area contributed by atoms with Crippen LogP contribution < -0.4 is 9.80 Å². The number of aryl methyl sites for hydroxylation is 1. The van der Waals surface area contributed by atoms with Crippen molar-refractivity contribution in [2.45, 2.75) is 45.4 Å². The Morgan fingerprint density at radius 3 is 1.46 bits per heavy atom. The molecule has 0 atom stereocenters. The molecule has 2 nitrogen and oxygen atoms in total. The van der Waals surface area contributed by atoms with Crippen molar-refractivity contribution in [2.75, 3.05) is 9.80 Å². The molecule has 0 spiro atoms. The van der Waals surface area contributed by atoms with Crippen LogP contribution in [-0.4, -0.2) is 0 Å². The predicted octanol–water partition coefficient (Wildman–Crippen LogP) is 15.2. The monoisotopic (exact) mass is 734 g/mol. The van der Waals surface area contributed by atoms with E-state index in [2.05, 4.69) is 232 Å². The molecular weight excluding hydrogens is 689 g/mol. The summed E-state index contributed by atoms with van der Waals surface area (Å²) in [7, 11) is 0. The third-order valence-corrected chi connectivity index (χ3v) is 12.5. The van der Waals surface area contributed by atoms with Crippen molar-refractivity contribution in [3.63, 3.8) is 0 Å². The molecule has 0 N–H and O–H groups in total. The molecule has 276 valence electrons. The fourth-order valence-corrected chi connectivity index (χ4v) is 9.40. The van der Waals surface area contributed by atoms with Gasteiger partial charge in [-0.1, -0.05) is 161 Å². The molecule has 10 rings (SSSR count). The van der Waals surface area contributed by atoms with Crippen molar-refractivity contribution in [2.24, 2.45) is 0 Å². The number of benzene rings is 8. The number of hydrogen-bond donors (Lipinski definition) is 0. The van der Waals surface area contributed by atoms with Gasteiger partial charge in [0.05, 0.1) is 11.4 Å². The first-order chi connectivity index (χ1) is 27.7. The molecule has 2 heteroatoms. The zero-order valence-electron chi connectivity index (χ0n) is 33.3. The Morgan fingerprint density at radius 2 is 0.842 bits per heavy atom. The SMILES string of the molecule is Cc1ccc2c(c1)C(C)(C)c1cc(N(c3ccc(-c4ccccc4)cc3)c3ccc(-c4ccccc4)cc3)ccc1N2c1ccc2c(c1)C(C)(C)c1ccccc1-2. The van der Waals surface area contributed by atoms with Gasteiger partial charge >= 0.3 is 0 Å². The van der Waals surface area contributed by atoms with Crippen LogP contribution in [0.25, 0.3) is 33.4 Å². The molecule has 0 radical (unpaired) electrons. The molecular formula is C55H46N2. The van der Waals surface area contributed by atoms with Crippen molar-refractivity contribution in [1.82, 2.24) is 0 Å². The maximum atomic E-state index is 2.51. The molecule has 0 aromatic heterocycles. The fourth-order valence-electron chi connectivity index (χ4n) is 9.40. The molecule has 8 aromatic carbocycles. The van der Waals surface area contributed by atoms with E-state index in [1.54, 1.807) is 0 Å². The van der Waals surface area contributed by atoms with Crippen LogP contribution in [-0.2, 0) is 10.8 Å². The molecule has 0 amide bonds. The van der Waals surface area contributed by atoms with Crippen molar-refractivity contribution >= 4 is 34.1 Å². The number of hydrogen-bond acceptors (Lipinski definition) is 2. The van der Waals surface area contributed by atoms with E-state index in [9.17, 15) is 0 Å². The third-order valence-electron chi connectivity index (χ3n) is 12.5. The molecule has 57 heavy (non-hydrogen) atoms. The molecule has 0 unspecified atom stereocenters. The summed E-state index contributed by atoms with van der Waals surface area (Å²) in [6.07, 6.45) is 0. The summed E-state index contributed by atoms with van der Waals surface area (Å²) in [5.41, 5.74) is 20.8. The average molecular weight is 735 g/mol. The number of anilines is 6. The molecule has 0 saturated heterocycles. The van der Waals surface area contributed by atoms with E-state index in [1.807, 2.05) is 0 Å². The van der Waals surface area contributed by atoms with Gasteiger partial charge in [-0.05, 0) is 123 Å². The Bertz CT molecular complexity index is 2690. The van der Waals surface area contributed by atoms with E-state index >= 15 is 0 Å². The van der Waals surface area contributed by atoms with Crippen LogP contribution in [0.3, 0.4) is 0 Å². The lowest BCUT2D eigenvalue weighted by Crippen LogP contribution is -2.31. The van der Waals surface area contributed by atoms with Crippen LogP contribution in [0, 0.1) is 6.92 Å². The van der Waals surface area contributed by atoms with Gasteiger partial charge in [-0.3, -0.25) is 0 Å². The normalized spacial score (nSPS) is 14.3. The van der Waals surface area contributed by atoms with E-state index in [0.717, 1.165) is 17.1 Å². The molecule has 1 aliphatic heterocycles. The predicted molar refractivity (Wildman–Crippen MR) is 241 cm³/mol. The lowest BCUT2D eigenvalue weighted by atomic mass is 9.73. The van der Waals surface area contributed by atoms with Gasteiger partial charge in [0.15, 0.2) is 0 Å². The van der Waals surface area contributed by atoms with E-state index in [1.165, 1.54) is 78.3 Å². The summed E-state index contributed by atoms with van der Waals surface area (Å²) in [5, 5.41) is 0. The van der Waals surface area contributed by atoms with Crippen LogP contribution in [0.4, 0.5) is 34.1 Å². The largest absolute Gasteiger partial charge is 0.310 e. The highest BCUT2D eigenvalue weighted by molar-refractivity contribution is 5.91. The maximum Gasteiger partial charge on any atom is 0.0504 e. The Kier molecular flexibility index (Phi) is 8.09. The first-order valence-corrected chi connectivity index (χ1v) is 20.1.